The minimum absolute atomic E-state index is 0.576. The van der Waals surface area contributed by atoms with Gasteiger partial charge in [0.2, 0.25) is 11.9 Å². The number of nitrogens with zero attached hydrogens (tertiary/aromatic N) is 3. The number of anilines is 4. The van der Waals surface area contributed by atoms with Crippen LogP contribution in [0.5, 0.6) is 0 Å². The molecule has 0 atom stereocenters. The minimum atomic E-state index is 0.576. The monoisotopic (exact) mass is 1310 g/mol. The average Bonchev–Trinajstić information content (AvgIpc) is 3.12. The lowest BCUT2D eigenvalue weighted by Gasteiger charge is -2.19. The molecule has 0 spiro atoms. The SMILES string of the molecule is [CH2]Cc1ccc(-c2nc(Nc3cc(SCCCCCCCCC)c(SCCCCCCCCC)c(SCCCCCCCCC)c3)nc(Nc3cc(SCCCCCCCCC)c(SCCCCCCCCC)c(SCCCCCCCCC)c3)n2)cc1. The van der Waals surface area contributed by atoms with E-state index in [2.05, 4.69) is 178 Å². The third-order valence-corrected chi connectivity index (χ3v) is 24.2. The van der Waals surface area contributed by atoms with Crippen LogP contribution in [-0.2, 0) is 6.42 Å². The second-order valence-corrected chi connectivity index (χ2v) is 31.7. The Hall–Kier alpha value is -1.63. The highest BCUT2D eigenvalue weighted by Gasteiger charge is 2.19. The molecule has 4 rings (SSSR count). The summed E-state index contributed by atoms with van der Waals surface area (Å²) in [5, 5.41) is 7.73. The average molecular weight is 1320 g/mol. The molecule has 0 saturated heterocycles. The summed E-state index contributed by atoms with van der Waals surface area (Å²) >= 11 is 12.6. The van der Waals surface area contributed by atoms with Crippen molar-refractivity contribution in [3.8, 4) is 11.4 Å². The lowest BCUT2D eigenvalue weighted by atomic mass is 10.1. The van der Waals surface area contributed by atoms with Crippen molar-refractivity contribution in [2.45, 2.75) is 347 Å². The van der Waals surface area contributed by atoms with Gasteiger partial charge >= 0.3 is 0 Å². The number of unbranched alkanes of at least 4 members (excludes halogenated alkanes) is 36. The van der Waals surface area contributed by atoms with E-state index >= 15 is 0 Å². The third-order valence-electron chi connectivity index (χ3n) is 16.7. The molecule has 0 aliphatic heterocycles. The molecule has 3 aromatic carbocycles. The highest BCUT2D eigenvalue weighted by molar-refractivity contribution is 8.04. The van der Waals surface area contributed by atoms with Gasteiger partial charge < -0.3 is 10.6 Å². The van der Waals surface area contributed by atoms with E-state index in [-0.39, 0.29) is 0 Å². The quantitative estimate of drug-likeness (QED) is 0.0328. The molecule has 0 unspecified atom stereocenters. The second kappa shape index (κ2) is 54.7. The van der Waals surface area contributed by atoms with Crippen molar-refractivity contribution in [3.63, 3.8) is 0 Å². The van der Waals surface area contributed by atoms with Crippen LogP contribution in [0.1, 0.15) is 317 Å². The molecule has 0 amide bonds. The van der Waals surface area contributed by atoms with E-state index in [1.165, 1.54) is 316 Å². The Morgan fingerprint density at radius 3 is 0.784 bits per heavy atom. The van der Waals surface area contributed by atoms with Crippen LogP contribution in [0.2, 0.25) is 0 Å². The number of benzene rings is 3. The summed E-state index contributed by atoms with van der Waals surface area (Å²) in [5.41, 5.74) is 4.31. The van der Waals surface area contributed by atoms with E-state index < -0.39 is 0 Å². The van der Waals surface area contributed by atoms with E-state index in [9.17, 15) is 0 Å². The largest absolute Gasteiger partial charge is 0.324 e. The molecule has 1 aromatic heterocycles. The van der Waals surface area contributed by atoms with Crippen LogP contribution in [0.4, 0.5) is 23.3 Å². The molecule has 1 heterocycles. The number of hydrogen-bond acceptors (Lipinski definition) is 11. The first-order valence-corrected chi connectivity index (χ1v) is 42.7. The molecule has 0 bridgehead atoms. The zero-order chi connectivity index (χ0) is 62.6. The highest BCUT2D eigenvalue weighted by atomic mass is 32.2. The summed E-state index contributed by atoms with van der Waals surface area (Å²) in [7, 11) is 0. The van der Waals surface area contributed by atoms with Gasteiger partial charge in [0.15, 0.2) is 5.82 Å². The lowest BCUT2D eigenvalue weighted by Crippen LogP contribution is -2.06. The van der Waals surface area contributed by atoms with Crippen molar-refractivity contribution in [2.24, 2.45) is 0 Å². The smallest absolute Gasteiger partial charge is 0.232 e. The molecule has 2 N–H and O–H groups in total. The molecule has 497 valence electrons. The van der Waals surface area contributed by atoms with Crippen molar-refractivity contribution in [2.75, 3.05) is 45.2 Å². The van der Waals surface area contributed by atoms with E-state index in [1.807, 2.05) is 0 Å². The number of hydrogen-bond donors (Lipinski definition) is 2. The topological polar surface area (TPSA) is 62.7 Å². The maximum atomic E-state index is 5.32. The number of rotatable bonds is 60. The Balaban J connectivity index is 1.77. The second-order valence-electron chi connectivity index (χ2n) is 24.9. The van der Waals surface area contributed by atoms with Gasteiger partial charge in [0, 0.05) is 46.3 Å². The van der Waals surface area contributed by atoms with Gasteiger partial charge in [-0.05, 0) is 116 Å². The van der Waals surface area contributed by atoms with Gasteiger partial charge in [0.25, 0.3) is 0 Å². The van der Waals surface area contributed by atoms with Gasteiger partial charge in [-0.25, -0.2) is 0 Å². The fourth-order valence-electron chi connectivity index (χ4n) is 11.1. The first kappa shape index (κ1) is 78.8. The van der Waals surface area contributed by atoms with Crippen molar-refractivity contribution in [1.82, 2.24) is 15.0 Å². The molecular weight excluding hydrogens is 1190 g/mol. The Morgan fingerprint density at radius 2 is 0.534 bits per heavy atom. The first-order chi connectivity index (χ1) is 43.5. The minimum Gasteiger partial charge on any atom is -0.324 e. The van der Waals surface area contributed by atoms with Gasteiger partial charge in [-0.3, -0.25) is 0 Å². The summed E-state index contributed by atoms with van der Waals surface area (Å²) in [4.78, 5) is 24.5. The predicted octanol–water partition coefficient (Wildman–Crippen LogP) is 28.5. The van der Waals surface area contributed by atoms with Crippen LogP contribution in [0.25, 0.3) is 11.4 Å². The molecule has 88 heavy (non-hydrogen) atoms. The van der Waals surface area contributed by atoms with Crippen molar-refractivity contribution < 1.29 is 0 Å². The third kappa shape index (κ3) is 36.7. The van der Waals surface area contributed by atoms with Gasteiger partial charge in [-0.15, -0.1) is 70.6 Å². The summed E-state index contributed by atoms with van der Waals surface area (Å²) in [5.74, 6) is 8.75. The molecule has 4 aromatic rings. The zero-order valence-electron chi connectivity index (χ0n) is 57.3. The van der Waals surface area contributed by atoms with Crippen LogP contribution in [0.3, 0.4) is 0 Å². The van der Waals surface area contributed by atoms with E-state index in [0.29, 0.717) is 17.7 Å². The highest BCUT2D eigenvalue weighted by Crippen LogP contribution is 2.45. The van der Waals surface area contributed by atoms with Crippen LogP contribution in [-0.4, -0.2) is 49.5 Å². The van der Waals surface area contributed by atoms with E-state index in [0.717, 1.165) is 46.4 Å². The summed E-state index contributed by atoms with van der Waals surface area (Å²) in [6.07, 6.45) is 56.8. The Bertz CT molecular complexity index is 2080. The lowest BCUT2D eigenvalue weighted by molar-refractivity contribution is 0.603. The van der Waals surface area contributed by atoms with Crippen LogP contribution >= 0.6 is 70.6 Å². The standard InChI is InChI=1S/C77H128N5S6/c1-8-15-21-27-33-39-45-55-83-69-61-67(62-70(84-56-46-40-34-28-22-16-9-2)73(69)87-59-49-43-37-31-25-19-12-5)78-76-80-75(66-53-51-65(14-7)52-54-66)81-77(82-76)79-68-63-71(85-57-47-41-35-29-23-17-10-3)74(88-60-50-44-38-32-26-20-13-6)72(64-68)86-58-48-42-36-30-24-18-11-4/h51-54,61-64H,7-50,55-60H2,1-6H3,(H2,78,79,80,81,82). The Morgan fingerprint density at radius 1 is 0.295 bits per heavy atom. The fraction of sp³-hybridized carbons (Fsp3) is 0.714. The fourth-order valence-corrected chi connectivity index (χ4v) is 18.7. The molecule has 0 aliphatic carbocycles. The number of aromatic nitrogens is 3. The molecule has 1 radical (unpaired) electrons. The van der Waals surface area contributed by atoms with Gasteiger partial charge in [-0.1, -0.05) is 297 Å². The van der Waals surface area contributed by atoms with Crippen LogP contribution in [0, 0.1) is 6.92 Å². The summed E-state index contributed by atoms with van der Waals surface area (Å²) in [6.45, 7) is 18.1. The molecule has 0 aliphatic rings. The molecular formula is C77H128N5S6. The normalized spacial score (nSPS) is 11.6. The van der Waals surface area contributed by atoms with Gasteiger partial charge in [0.05, 0.1) is 0 Å². The van der Waals surface area contributed by atoms with Gasteiger partial charge in [0.1, 0.15) is 0 Å². The first-order valence-electron chi connectivity index (χ1n) is 36.8. The van der Waals surface area contributed by atoms with Crippen LogP contribution in [0.15, 0.2) is 77.9 Å². The Kier molecular flexibility index (Phi) is 49.0. The van der Waals surface area contributed by atoms with Crippen molar-refractivity contribution in [3.05, 3.63) is 61.0 Å². The number of thioether (sulfide) groups is 6. The maximum Gasteiger partial charge on any atom is 0.232 e. The number of nitrogens with one attached hydrogen (secondary N) is 2. The molecule has 0 fully saturated rings. The van der Waals surface area contributed by atoms with Crippen molar-refractivity contribution in [1.29, 1.82) is 0 Å². The van der Waals surface area contributed by atoms with E-state index in [4.69, 9.17) is 15.0 Å². The van der Waals surface area contributed by atoms with E-state index in [1.54, 1.807) is 0 Å². The van der Waals surface area contributed by atoms with Crippen molar-refractivity contribution >= 4 is 93.8 Å². The molecule has 0 saturated carbocycles. The van der Waals surface area contributed by atoms with Gasteiger partial charge in [-0.2, -0.15) is 15.0 Å². The molecule has 5 nitrogen and oxygen atoms in total. The Labute approximate surface area is 569 Å². The van der Waals surface area contributed by atoms with Crippen LogP contribution < -0.4 is 10.6 Å². The molecule has 11 heteroatoms. The predicted molar refractivity (Wildman–Crippen MR) is 406 cm³/mol. The summed E-state index contributed by atoms with van der Waals surface area (Å²) in [6, 6.07) is 18.4. The summed E-state index contributed by atoms with van der Waals surface area (Å²) < 4.78 is 0. The maximum absolute atomic E-state index is 5.32. The zero-order valence-corrected chi connectivity index (χ0v) is 62.2.